The third-order valence-corrected chi connectivity index (χ3v) is 6.87. The molecule has 2 unspecified atom stereocenters. The molecule has 0 saturated carbocycles. The number of nitrogens with one attached hydrogen (secondary N) is 1. The van der Waals surface area contributed by atoms with Gasteiger partial charge >= 0.3 is 12.3 Å². The summed E-state index contributed by atoms with van der Waals surface area (Å²) in [6.07, 6.45) is -6.38. The Balaban J connectivity index is 1.57. The second-order valence-corrected chi connectivity index (χ2v) is 10.0. The van der Waals surface area contributed by atoms with E-state index in [1.54, 1.807) is 25.3 Å². The Labute approximate surface area is 250 Å². The number of pyridine rings is 1. The highest BCUT2D eigenvalue weighted by Crippen LogP contribution is 2.42. The quantitative estimate of drug-likeness (QED) is 0.264. The molecule has 1 aliphatic heterocycles. The highest BCUT2D eigenvalue weighted by molar-refractivity contribution is 9.11. The molecule has 8 nitrogen and oxygen atoms in total. The van der Waals surface area contributed by atoms with Gasteiger partial charge in [-0.05, 0) is 70.4 Å². The summed E-state index contributed by atoms with van der Waals surface area (Å²) < 4.78 is 85.3. The molecule has 0 fully saturated rings. The molecule has 1 aromatic heterocycles. The summed E-state index contributed by atoms with van der Waals surface area (Å²) in [5.74, 6) is -4.60. The molecule has 3 N–H and O–H groups in total. The lowest BCUT2D eigenvalue weighted by atomic mass is 9.95. The zero-order valence-corrected chi connectivity index (χ0v) is 23.9. The molecule has 43 heavy (non-hydrogen) atoms. The standard InChI is InChI=1S/C29H23BrF5N3O5/c1-14-11-16(9-10-37-14)12-38-28(40)41-13-21(42-20-8-7-19(31)23(24(20)32)27(36)39)25-15(2)22(26(30)43-25)17-3-5-18(6-4-17)29(33,34)35/h3-11,21,25H,2,12-13H2,1H3,(H2,36,39)(H,38,40). The smallest absolute Gasteiger partial charge is 0.416 e. The zero-order chi connectivity index (χ0) is 31.5. The number of carbonyl (C=O) groups excluding carboxylic acids is 2. The van der Waals surface area contributed by atoms with Crippen molar-refractivity contribution in [1.82, 2.24) is 10.3 Å². The van der Waals surface area contributed by atoms with E-state index in [2.05, 4.69) is 32.8 Å². The van der Waals surface area contributed by atoms with Gasteiger partial charge in [0.1, 0.15) is 18.0 Å². The lowest BCUT2D eigenvalue weighted by Crippen LogP contribution is -2.39. The summed E-state index contributed by atoms with van der Waals surface area (Å²) in [5.41, 5.74) is 5.45. The number of nitrogens with zero attached hydrogens (tertiary/aromatic N) is 1. The van der Waals surface area contributed by atoms with Crippen LogP contribution in [0.1, 0.15) is 32.7 Å². The van der Waals surface area contributed by atoms with Crippen molar-refractivity contribution in [2.75, 3.05) is 6.61 Å². The first-order chi connectivity index (χ1) is 20.3. The number of rotatable bonds is 9. The average Bonchev–Trinajstić information content (AvgIpc) is 3.23. The summed E-state index contributed by atoms with van der Waals surface area (Å²) in [4.78, 5) is 28.2. The lowest BCUT2D eigenvalue weighted by molar-refractivity contribution is -0.137. The lowest BCUT2D eigenvalue weighted by Gasteiger charge is -2.26. The number of hydrogen-bond donors (Lipinski definition) is 2. The number of primary amides is 1. The summed E-state index contributed by atoms with van der Waals surface area (Å²) in [6, 6.07) is 9.32. The Hall–Kier alpha value is -4.46. The Bertz CT molecular complexity index is 1590. The summed E-state index contributed by atoms with van der Waals surface area (Å²) in [5, 5.41) is 2.55. The number of benzene rings is 2. The van der Waals surface area contributed by atoms with E-state index in [-0.39, 0.29) is 22.4 Å². The summed E-state index contributed by atoms with van der Waals surface area (Å²) in [6.45, 7) is 5.28. The Morgan fingerprint density at radius 2 is 1.86 bits per heavy atom. The molecular weight excluding hydrogens is 645 g/mol. The van der Waals surface area contributed by atoms with Gasteiger partial charge in [-0.2, -0.15) is 13.2 Å². The first kappa shape index (κ1) is 31.5. The molecule has 226 valence electrons. The molecule has 1 aliphatic rings. The second kappa shape index (κ2) is 12.8. The molecule has 2 heterocycles. The van der Waals surface area contributed by atoms with Gasteiger partial charge in [0, 0.05) is 29.6 Å². The van der Waals surface area contributed by atoms with Crippen LogP contribution in [0.3, 0.4) is 0 Å². The second-order valence-electron chi connectivity index (χ2n) is 9.30. The molecule has 14 heteroatoms. The first-order valence-corrected chi connectivity index (χ1v) is 13.3. The van der Waals surface area contributed by atoms with Gasteiger partial charge in [0.25, 0.3) is 5.91 Å². The third-order valence-electron chi connectivity index (χ3n) is 6.29. The van der Waals surface area contributed by atoms with E-state index >= 15 is 4.39 Å². The maximum atomic E-state index is 15.1. The number of hydrogen-bond acceptors (Lipinski definition) is 6. The Kier molecular flexibility index (Phi) is 9.38. The fourth-order valence-corrected chi connectivity index (χ4v) is 4.91. The van der Waals surface area contributed by atoms with Gasteiger partial charge in [0.2, 0.25) is 0 Å². The van der Waals surface area contributed by atoms with E-state index < -0.39 is 65.5 Å². The van der Waals surface area contributed by atoms with Crippen molar-refractivity contribution in [3.05, 3.63) is 111 Å². The van der Waals surface area contributed by atoms with Gasteiger partial charge in [0.15, 0.2) is 28.4 Å². The van der Waals surface area contributed by atoms with Crippen molar-refractivity contribution in [2.24, 2.45) is 5.73 Å². The van der Waals surface area contributed by atoms with Gasteiger partial charge < -0.3 is 25.3 Å². The van der Waals surface area contributed by atoms with Crippen molar-refractivity contribution < 1.29 is 45.8 Å². The molecule has 4 rings (SSSR count). The molecule has 2 amide bonds. The minimum atomic E-state index is -4.55. The third kappa shape index (κ3) is 7.31. The van der Waals surface area contributed by atoms with E-state index in [0.29, 0.717) is 5.56 Å². The van der Waals surface area contributed by atoms with Crippen molar-refractivity contribution >= 4 is 33.5 Å². The van der Waals surface area contributed by atoms with Crippen molar-refractivity contribution in [2.45, 2.75) is 31.9 Å². The monoisotopic (exact) mass is 667 g/mol. The number of carbonyl (C=O) groups is 2. The molecular formula is C29H23BrF5N3O5. The van der Waals surface area contributed by atoms with E-state index in [0.717, 1.165) is 35.5 Å². The maximum absolute atomic E-state index is 15.1. The van der Waals surface area contributed by atoms with Crippen LogP contribution in [0.4, 0.5) is 26.7 Å². The maximum Gasteiger partial charge on any atom is 0.416 e. The zero-order valence-electron chi connectivity index (χ0n) is 22.3. The van der Waals surface area contributed by atoms with E-state index in [4.69, 9.17) is 19.9 Å². The van der Waals surface area contributed by atoms with Crippen LogP contribution >= 0.6 is 15.9 Å². The fraction of sp³-hybridized carbons (Fsp3) is 0.207. The molecule has 3 aromatic rings. The predicted octanol–water partition coefficient (Wildman–Crippen LogP) is 6.18. The van der Waals surface area contributed by atoms with Crippen LogP contribution in [0.2, 0.25) is 0 Å². The highest BCUT2D eigenvalue weighted by atomic mass is 79.9. The number of aryl methyl sites for hydroxylation is 1. The Morgan fingerprint density at radius 1 is 1.16 bits per heavy atom. The van der Waals surface area contributed by atoms with Crippen LogP contribution in [0, 0.1) is 18.6 Å². The highest BCUT2D eigenvalue weighted by Gasteiger charge is 2.39. The number of ether oxygens (including phenoxy) is 3. The molecule has 0 radical (unpaired) electrons. The van der Waals surface area contributed by atoms with Crippen molar-refractivity contribution in [1.29, 1.82) is 0 Å². The normalized spacial score (nSPS) is 15.6. The topological polar surface area (TPSA) is 113 Å². The largest absolute Gasteiger partial charge is 0.479 e. The predicted molar refractivity (Wildman–Crippen MR) is 148 cm³/mol. The van der Waals surface area contributed by atoms with Crippen LogP contribution in [-0.4, -0.2) is 35.8 Å². The molecule has 2 aromatic carbocycles. The number of nitrogens with two attached hydrogens (primary N) is 1. The van der Waals surface area contributed by atoms with Gasteiger partial charge in [-0.3, -0.25) is 9.78 Å². The van der Waals surface area contributed by atoms with E-state index in [9.17, 15) is 27.2 Å². The van der Waals surface area contributed by atoms with Gasteiger partial charge in [-0.25, -0.2) is 13.6 Å². The van der Waals surface area contributed by atoms with Crippen molar-refractivity contribution in [3.8, 4) is 5.75 Å². The van der Waals surface area contributed by atoms with Crippen molar-refractivity contribution in [3.63, 3.8) is 0 Å². The Morgan fingerprint density at radius 3 is 2.49 bits per heavy atom. The summed E-state index contributed by atoms with van der Waals surface area (Å²) in [7, 11) is 0. The molecule has 0 bridgehead atoms. The van der Waals surface area contributed by atoms with Gasteiger partial charge in [-0.1, -0.05) is 18.7 Å². The van der Waals surface area contributed by atoms with Crippen LogP contribution in [0.25, 0.3) is 5.57 Å². The fourth-order valence-electron chi connectivity index (χ4n) is 4.23. The van der Waals surface area contributed by atoms with E-state index in [1.165, 1.54) is 12.1 Å². The van der Waals surface area contributed by atoms with Crippen LogP contribution in [-0.2, 0) is 22.2 Å². The summed E-state index contributed by atoms with van der Waals surface area (Å²) >= 11 is 3.23. The first-order valence-electron chi connectivity index (χ1n) is 12.5. The van der Waals surface area contributed by atoms with Gasteiger partial charge in [-0.15, -0.1) is 0 Å². The minimum Gasteiger partial charge on any atom is -0.479 e. The SMILES string of the molecule is C=C1C(c2ccc(C(F)(F)F)cc2)=C(Br)OC1C(COC(=O)NCc1ccnc(C)c1)Oc1ccc(F)c(C(N)=O)c1F. The molecule has 2 atom stereocenters. The molecule has 0 saturated heterocycles. The minimum absolute atomic E-state index is 0.0748. The van der Waals surface area contributed by atoms with Gasteiger partial charge in [0.05, 0.1) is 5.56 Å². The number of alkyl carbamates (subject to hydrolysis) is 1. The van der Waals surface area contributed by atoms with Crippen LogP contribution in [0.5, 0.6) is 5.75 Å². The number of alkyl halides is 3. The van der Waals surface area contributed by atoms with Crippen LogP contribution in [0.15, 0.2) is 71.5 Å². The average molecular weight is 668 g/mol. The molecule has 0 spiro atoms. The van der Waals surface area contributed by atoms with E-state index in [1.807, 2.05) is 0 Å². The number of aromatic nitrogens is 1. The van der Waals surface area contributed by atoms with Crippen LogP contribution < -0.4 is 15.8 Å². The number of halogens is 6. The number of amides is 2. The molecule has 0 aliphatic carbocycles.